The molecule has 0 atom stereocenters. The molecule has 0 aromatic heterocycles. The van der Waals surface area contributed by atoms with Gasteiger partial charge < -0.3 is 40.0 Å². The van der Waals surface area contributed by atoms with Gasteiger partial charge in [0.2, 0.25) is 5.91 Å². The van der Waals surface area contributed by atoms with E-state index in [1.807, 2.05) is 30.0 Å². The van der Waals surface area contributed by atoms with Crippen LogP contribution in [0.3, 0.4) is 0 Å². The highest BCUT2D eigenvalue weighted by Crippen LogP contribution is 2.32. The van der Waals surface area contributed by atoms with Gasteiger partial charge in [0.1, 0.15) is 17.2 Å². The molecule has 0 saturated carbocycles. The number of anilines is 2. The predicted molar refractivity (Wildman–Crippen MR) is 208 cm³/mol. The van der Waals surface area contributed by atoms with Gasteiger partial charge in [0.25, 0.3) is 11.8 Å². The second kappa shape index (κ2) is 22.0. The van der Waals surface area contributed by atoms with Crippen molar-refractivity contribution in [2.24, 2.45) is 5.73 Å². The Balaban J connectivity index is 0.00000451. The number of likely N-dealkylation sites (N-methyl/N-ethyl adjacent to an activating group) is 1. The largest absolute Gasteiger partial charge is 0.495 e. The van der Waals surface area contributed by atoms with Crippen LogP contribution >= 0.6 is 24.8 Å². The number of unbranched alkanes of at least 4 members (excludes halogenated alkanes) is 2. The Morgan fingerprint density at radius 1 is 0.843 bits per heavy atom. The monoisotopic (exact) mass is 745 g/mol. The van der Waals surface area contributed by atoms with E-state index < -0.39 is 0 Å². The van der Waals surface area contributed by atoms with Gasteiger partial charge in [-0.3, -0.25) is 14.4 Å². The van der Waals surface area contributed by atoms with Gasteiger partial charge in [-0.05, 0) is 107 Å². The molecule has 1 aliphatic heterocycles. The third kappa shape index (κ3) is 12.6. The van der Waals surface area contributed by atoms with Crippen LogP contribution in [-0.4, -0.2) is 94.7 Å². The third-order valence-electron chi connectivity index (χ3n) is 8.58. The number of rotatable bonds is 16. The van der Waals surface area contributed by atoms with Crippen molar-refractivity contribution in [3.8, 4) is 17.2 Å². The van der Waals surface area contributed by atoms with Crippen molar-refractivity contribution in [3.05, 3.63) is 77.4 Å². The summed E-state index contributed by atoms with van der Waals surface area (Å²) in [6.45, 7) is 6.95. The van der Waals surface area contributed by atoms with Crippen LogP contribution in [0.25, 0.3) is 0 Å². The fourth-order valence-electron chi connectivity index (χ4n) is 5.67. The molecule has 0 unspecified atom stereocenters. The molecule has 1 saturated heterocycles. The summed E-state index contributed by atoms with van der Waals surface area (Å²) in [6.07, 6.45) is 4.75. The number of nitrogens with two attached hydrogens (primary N) is 1. The van der Waals surface area contributed by atoms with Crippen LogP contribution in [0.1, 0.15) is 64.8 Å². The van der Waals surface area contributed by atoms with E-state index in [2.05, 4.69) is 17.3 Å². The number of nitrogens with zero attached hydrogens (tertiary/aromatic N) is 3. The number of amides is 3. The summed E-state index contributed by atoms with van der Waals surface area (Å²) < 4.78 is 17.5. The van der Waals surface area contributed by atoms with Gasteiger partial charge in [-0.15, -0.1) is 24.8 Å². The number of carbonyl (C=O) groups is 3. The Bertz CT molecular complexity index is 1580. The Hall–Kier alpha value is -4.03. The Kier molecular flexibility index (Phi) is 18.6. The Morgan fingerprint density at radius 2 is 1.59 bits per heavy atom. The number of aryl methyl sites for hydroxylation is 1. The lowest BCUT2D eigenvalue weighted by molar-refractivity contribution is -0.131. The maximum atomic E-state index is 13.7. The van der Waals surface area contributed by atoms with E-state index in [0.29, 0.717) is 72.4 Å². The molecule has 1 fully saturated rings. The molecular weight excluding hydrogens is 693 g/mol. The van der Waals surface area contributed by atoms with Gasteiger partial charge in [0.15, 0.2) is 0 Å². The van der Waals surface area contributed by atoms with E-state index in [0.717, 1.165) is 57.4 Å². The molecule has 1 aliphatic rings. The summed E-state index contributed by atoms with van der Waals surface area (Å²) >= 11 is 0. The first-order chi connectivity index (χ1) is 23.7. The number of carbonyl (C=O) groups excluding carboxylic acids is 3. The number of nitrogens with one attached hydrogen (secondary N) is 1. The van der Waals surface area contributed by atoms with E-state index in [-0.39, 0.29) is 42.5 Å². The van der Waals surface area contributed by atoms with E-state index >= 15 is 0 Å². The number of ether oxygens (including phenoxy) is 3. The smallest absolute Gasteiger partial charge is 0.259 e. The molecule has 3 N–H and O–H groups in total. The molecule has 13 heteroatoms. The zero-order valence-corrected chi connectivity index (χ0v) is 31.8. The maximum absolute atomic E-state index is 13.7. The van der Waals surface area contributed by atoms with Crippen LogP contribution in [0.15, 0.2) is 60.7 Å². The first kappa shape index (κ1) is 43.1. The summed E-state index contributed by atoms with van der Waals surface area (Å²) in [4.78, 5) is 45.4. The van der Waals surface area contributed by atoms with Crippen LogP contribution < -0.4 is 30.2 Å². The van der Waals surface area contributed by atoms with Gasteiger partial charge in [-0.2, -0.15) is 0 Å². The minimum Gasteiger partial charge on any atom is -0.495 e. The molecular formula is C38H53Cl2N5O6. The van der Waals surface area contributed by atoms with Crippen LogP contribution in [0.2, 0.25) is 0 Å². The van der Waals surface area contributed by atoms with Crippen molar-refractivity contribution < 1.29 is 28.6 Å². The minimum atomic E-state index is -0.365. The first-order valence-electron chi connectivity index (χ1n) is 17.1. The fourth-order valence-corrected chi connectivity index (χ4v) is 5.67. The van der Waals surface area contributed by atoms with E-state index in [4.69, 9.17) is 19.9 Å². The second-order valence-corrected chi connectivity index (χ2v) is 12.4. The van der Waals surface area contributed by atoms with E-state index in [9.17, 15) is 14.4 Å². The lowest BCUT2D eigenvalue weighted by atomic mass is 10.1. The molecule has 0 aliphatic carbocycles. The third-order valence-corrected chi connectivity index (χ3v) is 8.58. The van der Waals surface area contributed by atoms with Gasteiger partial charge in [-0.25, -0.2) is 0 Å². The quantitative estimate of drug-likeness (QED) is 0.166. The average molecular weight is 747 g/mol. The summed E-state index contributed by atoms with van der Waals surface area (Å²) in [5, 5.41) is 2.88. The summed E-state index contributed by atoms with van der Waals surface area (Å²) in [5.41, 5.74) is 8.41. The number of methoxy groups -OCH3 is 1. The number of para-hydroxylation sites is 1. The standard InChI is InChI=1S/C38H51N5O6.2ClH/c1-28-15-18-32(35(26-28)49-24-9-5-6-14-36(44)43-21-11-20-41(2)22-23-43)42(3)38(46)29-16-17-31(34(27-29)47-4)40-37(45)30-12-7-8-13-33(30)48-25-10-19-39;;/h7-8,12-13,15-18,26-27H,5-6,9-11,14,19-25,39H2,1-4H3,(H,40,45);2*1H. The highest BCUT2D eigenvalue weighted by atomic mass is 35.5. The molecule has 4 rings (SSSR count). The van der Waals surface area contributed by atoms with Crippen LogP contribution in [0.5, 0.6) is 17.2 Å². The van der Waals surface area contributed by atoms with Crippen molar-refractivity contribution in [2.75, 3.05) is 77.4 Å². The van der Waals surface area contributed by atoms with Crippen molar-refractivity contribution in [2.45, 2.75) is 45.4 Å². The zero-order valence-electron chi connectivity index (χ0n) is 30.2. The van der Waals surface area contributed by atoms with E-state index in [1.54, 1.807) is 54.4 Å². The highest BCUT2D eigenvalue weighted by molar-refractivity contribution is 6.09. The van der Waals surface area contributed by atoms with Crippen molar-refractivity contribution in [1.82, 2.24) is 9.80 Å². The summed E-state index contributed by atoms with van der Waals surface area (Å²) in [7, 11) is 5.29. The van der Waals surface area contributed by atoms with Crippen molar-refractivity contribution in [1.29, 1.82) is 0 Å². The lowest BCUT2D eigenvalue weighted by Gasteiger charge is -2.22. The number of benzene rings is 3. The molecule has 51 heavy (non-hydrogen) atoms. The molecule has 280 valence electrons. The number of hydrogen-bond donors (Lipinski definition) is 2. The average Bonchev–Trinajstić information content (AvgIpc) is 3.33. The molecule has 3 aromatic carbocycles. The van der Waals surface area contributed by atoms with Gasteiger partial charge in [0.05, 0.1) is 37.3 Å². The molecule has 0 spiro atoms. The predicted octanol–water partition coefficient (Wildman–Crippen LogP) is 6.21. The molecule has 3 amide bonds. The van der Waals surface area contributed by atoms with Gasteiger partial charge in [-0.1, -0.05) is 18.2 Å². The molecule has 3 aromatic rings. The fraction of sp³-hybridized carbons (Fsp3) is 0.447. The first-order valence-corrected chi connectivity index (χ1v) is 17.1. The van der Waals surface area contributed by atoms with Crippen LogP contribution in [0.4, 0.5) is 11.4 Å². The molecule has 11 nitrogen and oxygen atoms in total. The summed E-state index contributed by atoms with van der Waals surface area (Å²) in [5.74, 6) is 1.03. The van der Waals surface area contributed by atoms with Gasteiger partial charge >= 0.3 is 0 Å². The second-order valence-electron chi connectivity index (χ2n) is 12.4. The topological polar surface area (TPSA) is 127 Å². The normalized spacial score (nSPS) is 12.8. The highest BCUT2D eigenvalue weighted by Gasteiger charge is 2.21. The number of halogens is 2. The maximum Gasteiger partial charge on any atom is 0.259 e. The summed E-state index contributed by atoms with van der Waals surface area (Å²) in [6, 6.07) is 17.6. The number of hydrogen-bond acceptors (Lipinski definition) is 8. The van der Waals surface area contributed by atoms with Crippen LogP contribution in [-0.2, 0) is 4.79 Å². The van der Waals surface area contributed by atoms with Crippen molar-refractivity contribution >= 4 is 53.9 Å². The minimum absolute atomic E-state index is 0. The van der Waals surface area contributed by atoms with Gasteiger partial charge in [0, 0.05) is 38.7 Å². The Labute approximate surface area is 314 Å². The molecule has 0 radical (unpaired) electrons. The van der Waals surface area contributed by atoms with Crippen molar-refractivity contribution in [3.63, 3.8) is 0 Å². The Morgan fingerprint density at radius 3 is 2.35 bits per heavy atom. The molecule has 1 heterocycles. The SMILES string of the molecule is COc1cc(C(=O)N(C)c2ccc(C)cc2OCCCCCC(=O)N2CCCN(C)CC2)ccc1NC(=O)c1ccccc1OCCCN.Cl.Cl. The lowest BCUT2D eigenvalue weighted by Crippen LogP contribution is -2.34. The van der Waals surface area contributed by atoms with E-state index in [1.165, 1.54) is 7.11 Å². The van der Waals surface area contributed by atoms with Crippen LogP contribution in [0, 0.1) is 6.92 Å². The zero-order chi connectivity index (χ0) is 35.2. The molecule has 0 bridgehead atoms.